The summed E-state index contributed by atoms with van der Waals surface area (Å²) in [7, 11) is 1.73. The molecule has 0 aromatic heterocycles. The molecule has 0 saturated carbocycles. The second-order valence-corrected chi connectivity index (χ2v) is 3.96. The maximum atomic E-state index is 13.4. The van der Waals surface area contributed by atoms with Crippen molar-refractivity contribution >= 4 is 15.9 Å². The fraction of sp³-hybridized carbons (Fsp3) is 0.167. The summed E-state index contributed by atoms with van der Waals surface area (Å²) in [5, 5.41) is 2.84. The Morgan fingerprint density at radius 1 is 1.62 bits per heavy atom. The van der Waals surface area contributed by atoms with Crippen LogP contribution >= 0.6 is 15.9 Å². The van der Waals surface area contributed by atoms with E-state index in [1.807, 2.05) is 0 Å². The van der Waals surface area contributed by atoms with E-state index >= 15 is 0 Å². The van der Waals surface area contributed by atoms with Crippen LogP contribution in [0.2, 0.25) is 0 Å². The quantitative estimate of drug-likeness (QED) is 0.662. The number of hydrogen-bond acceptors (Lipinski definition) is 2. The van der Waals surface area contributed by atoms with E-state index in [0.29, 0.717) is 15.9 Å². The first-order valence-electron chi connectivity index (χ1n) is 4.74. The maximum Gasteiger partial charge on any atom is 0.186 e. The number of rotatable bonds is 5. The van der Waals surface area contributed by atoms with Gasteiger partial charge in [-0.25, -0.2) is 4.39 Å². The normalized spacial score (nSPS) is 11.1. The van der Waals surface area contributed by atoms with Crippen molar-refractivity contribution < 1.29 is 9.13 Å². The van der Waals surface area contributed by atoms with Crippen LogP contribution in [0.25, 0.3) is 0 Å². The van der Waals surface area contributed by atoms with Gasteiger partial charge in [0.2, 0.25) is 0 Å². The Labute approximate surface area is 103 Å². The first kappa shape index (κ1) is 12.8. The molecule has 0 heterocycles. The lowest BCUT2D eigenvalue weighted by atomic mass is 10.2. The largest absolute Gasteiger partial charge is 0.474 e. The first-order chi connectivity index (χ1) is 7.67. The molecule has 0 radical (unpaired) electrons. The molecule has 0 aliphatic rings. The number of nitrogens with one attached hydrogen (secondary N) is 1. The van der Waals surface area contributed by atoms with Gasteiger partial charge in [-0.15, -0.1) is 0 Å². The topological polar surface area (TPSA) is 21.3 Å². The monoisotopic (exact) mass is 285 g/mol. The predicted octanol–water partition coefficient (Wildman–Crippen LogP) is 3.35. The minimum absolute atomic E-state index is 0.180. The summed E-state index contributed by atoms with van der Waals surface area (Å²) < 4.78 is 19.5. The van der Waals surface area contributed by atoms with E-state index in [2.05, 4.69) is 27.8 Å². The second kappa shape index (κ2) is 6.33. The molecule has 86 valence electrons. The van der Waals surface area contributed by atoms with Gasteiger partial charge in [0, 0.05) is 17.1 Å². The highest BCUT2D eigenvalue weighted by Crippen LogP contribution is 2.16. The molecule has 0 amide bonds. The third-order valence-corrected chi connectivity index (χ3v) is 2.41. The van der Waals surface area contributed by atoms with Crippen molar-refractivity contribution in [3.63, 3.8) is 0 Å². The van der Waals surface area contributed by atoms with Crippen molar-refractivity contribution in [3.8, 4) is 0 Å². The highest BCUT2D eigenvalue weighted by Gasteiger charge is 2.03. The van der Waals surface area contributed by atoms with E-state index < -0.39 is 0 Å². The Morgan fingerprint density at radius 2 is 2.38 bits per heavy atom. The molecular formula is C12H13BrFNO. The molecule has 1 aromatic rings. The Balaban J connectivity index is 2.67. The van der Waals surface area contributed by atoms with Crippen LogP contribution in [-0.4, -0.2) is 7.05 Å². The summed E-state index contributed by atoms with van der Waals surface area (Å²) in [6.07, 6.45) is 3.28. The maximum absolute atomic E-state index is 13.4. The van der Waals surface area contributed by atoms with Crippen LogP contribution in [-0.2, 0) is 11.3 Å². The van der Waals surface area contributed by atoms with Crippen LogP contribution in [0.4, 0.5) is 4.39 Å². The molecule has 4 heteroatoms. The molecule has 0 fully saturated rings. The lowest BCUT2D eigenvalue weighted by Crippen LogP contribution is -2.09. The van der Waals surface area contributed by atoms with Crippen LogP contribution in [0.3, 0.4) is 0 Å². The van der Waals surface area contributed by atoms with Crippen LogP contribution in [0.1, 0.15) is 5.56 Å². The van der Waals surface area contributed by atoms with Gasteiger partial charge in [0.25, 0.3) is 0 Å². The standard InChI is InChI=1S/C12H13BrFNO/c1-3-4-12(15-2)16-8-9-5-6-10(13)7-11(9)14/h3-7,15H,1,8H2,2H3/b12-4+. The van der Waals surface area contributed by atoms with Crippen molar-refractivity contribution in [3.05, 3.63) is 58.7 Å². The van der Waals surface area contributed by atoms with Gasteiger partial charge in [0.05, 0.1) is 0 Å². The zero-order chi connectivity index (χ0) is 12.0. The molecule has 0 saturated heterocycles. The van der Waals surface area contributed by atoms with Gasteiger partial charge < -0.3 is 10.1 Å². The summed E-state index contributed by atoms with van der Waals surface area (Å²) in [5.41, 5.74) is 0.508. The number of hydrogen-bond donors (Lipinski definition) is 1. The molecular weight excluding hydrogens is 273 g/mol. The molecule has 1 N–H and O–H groups in total. The molecule has 0 aliphatic heterocycles. The van der Waals surface area contributed by atoms with E-state index in [4.69, 9.17) is 4.74 Å². The predicted molar refractivity (Wildman–Crippen MR) is 66.2 cm³/mol. The van der Waals surface area contributed by atoms with E-state index in [1.54, 1.807) is 31.3 Å². The third-order valence-electron chi connectivity index (χ3n) is 1.91. The van der Waals surface area contributed by atoms with Crippen molar-refractivity contribution in [2.45, 2.75) is 6.61 Å². The van der Waals surface area contributed by atoms with Gasteiger partial charge in [-0.1, -0.05) is 34.7 Å². The zero-order valence-corrected chi connectivity index (χ0v) is 10.6. The SMILES string of the molecule is C=C/C=C(\NC)OCc1ccc(Br)cc1F. The summed E-state index contributed by atoms with van der Waals surface area (Å²) in [6, 6.07) is 4.87. The Morgan fingerprint density at radius 3 is 2.94 bits per heavy atom. The van der Waals surface area contributed by atoms with Crippen LogP contribution in [0.5, 0.6) is 0 Å². The fourth-order valence-corrected chi connectivity index (χ4v) is 1.44. The van der Waals surface area contributed by atoms with Gasteiger partial charge in [-0.3, -0.25) is 0 Å². The molecule has 1 aromatic carbocycles. The van der Waals surface area contributed by atoms with Crippen LogP contribution in [0, 0.1) is 5.82 Å². The van der Waals surface area contributed by atoms with Crippen LogP contribution < -0.4 is 5.32 Å². The van der Waals surface area contributed by atoms with Gasteiger partial charge in [0.15, 0.2) is 5.88 Å². The summed E-state index contributed by atoms with van der Waals surface area (Å²) >= 11 is 3.20. The lowest BCUT2D eigenvalue weighted by molar-refractivity contribution is 0.179. The Bertz CT molecular complexity index is 404. The Kier molecular flexibility index (Phi) is 5.05. The van der Waals surface area contributed by atoms with Gasteiger partial charge in [0.1, 0.15) is 12.4 Å². The van der Waals surface area contributed by atoms with Crippen molar-refractivity contribution in [1.82, 2.24) is 5.32 Å². The Hall–Kier alpha value is -1.29. The van der Waals surface area contributed by atoms with Crippen LogP contribution in [0.15, 0.2) is 47.3 Å². The van der Waals surface area contributed by atoms with Gasteiger partial charge in [-0.2, -0.15) is 0 Å². The zero-order valence-electron chi connectivity index (χ0n) is 8.97. The highest BCUT2D eigenvalue weighted by atomic mass is 79.9. The van der Waals surface area contributed by atoms with Gasteiger partial charge >= 0.3 is 0 Å². The van der Waals surface area contributed by atoms with Gasteiger partial charge in [-0.05, 0) is 18.2 Å². The lowest BCUT2D eigenvalue weighted by Gasteiger charge is -2.09. The molecule has 0 atom stereocenters. The van der Waals surface area contributed by atoms with Crippen molar-refractivity contribution in [2.75, 3.05) is 7.05 Å². The molecule has 0 aliphatic carbocycles. The van der Waals surface area contributed by atoms with E-state index in [9.17, 15) is 4.39 Å². The molecule has 0 unspecified atom stereocenters. The van der Waals surface area contributed by atoms with E-state index in [-0.39, 0.29) is 12.4 Å². The summed E-state index contributed by atoms with van der Waals surface area (Å²) in [5.74, 6) is 0.265. The van der Waals surface area contributed by atoms with Crippen molar-refractivity contribution in [1.29, 1.82) is 0 Å². The molecule has 16 heavy (non-hydrogen) atoms. The average Bonchev–Trinajstić information content (AvgIpc) is 2.26. The summed E-state index contributed by atoms with van der Waals surface area (Å²) in [6.45, 7) is 3.74. The van der Waals surface area contributed by atoms with E-state index in [0.717, 1.165) is 0 Å². The van der Waals surface area contributed by atoms with Crippen molar-refractivity contribution in [2.24, 2.45) is 0 Å². The minimum Gasteiger partial charge on any atom is -0.474 e. The summed E-state index contributed by atoms with van der Waals surface area (Å²) in [4.78, 5) is 0. The number of halogens is 2. The highest BCUT2D eigenvalue weighted by molar-refractivity contribution is 9.10. The number of allylic oxidation sites excluding steroid dienone is 2. The molecule has 1 rings (SSSR count). The number of benzene rings is 1. The smallest absolute Gasteiger partial charge is 0.186 e. The molecule has 0 bridgehead atoms. The second-order valence-electron chi connectivity index (χ2n) is 3.04. The molecule has 2 nitrogen and oxygen atoms in total. The van der Waals surface area contributed by atoms with E-state index in [1.165, 1.54) is 6.07 Å². The fourth-order valence-electron chi connectivity index (χ4n) is 1.10. The minimum atomic E-state index is -0.288. The molecule has 0 spiro atoms. The number of ether oxygens (including phenoxy) is 1. The third kappa shape index (κ3) is 3.70. The average molecular weight is 286 g/mol. The first-order valence-corrected chi connectivity index (χ1v) is 5.54.